The van der Waals surface area contributed by atoms with Gasteiger partial charge in [0.2, 0.25) is 5.71 Å². The number of rotatable bonds is 7. The topological polar surface area (TPSA) is 108 Å². The minimum absolute atomic E-state index is 0.0441. The lowest BCUT2D eigenvalue weighted by molar-refractivity contribution is -0.134. The molecule has 4 aromatic rings. The number of nitrogens with one attached hydrogen (secondary N) is 2. The Bertz CT molecular complexity index is 1630. The smallest absolute Gasteiger partial charge is 0.389 e. The van der Waals surface area contributed by atoms with Gasteiger partial charge >= 0.3 is 6.18 Å². The van der Waals surface area contributed by atoms with E-state index in [-0.39, 0.29) is 39.2 Å². The molecule has 2 N–H and O–H groups in total. The van der Waals surface area contributed by atoms with E-state index in [1.165, 1.54) is 63.4 Å². The fourth-order valence-corrected chi connectivity index (χ4v) is 4.13. The number of pyridine rings is 1. The molecule has 0 unspecified atom stereocenters. The van der Waals surface area contributed by atoms with Gasteiger partial charge in [0.25, 0.3) is 11.8 Å². The fraction of sp³-hybridized carbons (Fsp3) is 0.241. The molecule has 0 radical (unpaired) electrons. The third kappa shape index (κ3) is 6.12. The van der Waals surface area contributed by atoms with Crippen LogP contribution in [0.3, 0.4) is 0 Å². The molecule has 0 saturated heterocycles. The summed E-state index contributed by atoms with van der Waals surface area (Å²) in [5.41, 5.74) is 0.0880. The Morgan fingerprint density at radius 2 is 1.73 bits per heavy atom. The van der Waals surface area contributed by atoms with Gasteiger partial charge in [-0.25, -0.2) is 9.37 Å². The molecule has 2 amide bonds. The molecule has 11 heteroatoms. The van der Waals surface area contributed by atoms with Gasteiger partial charge in [0.15, 0.2) is 0 Å². The highest BCUT2D eigenvalue weighted by Crippen LogP contribution is 2.37. The normalized spacial score (nSPS) is 11.8. The number of hydrogen-bond donors (Lipinski definition) is 2. The van der Waals surface area contributed by atoms with Crippen LogP contribution in [0, 0.1) is 17.1 Å². The van der Waals surface area contributed by atoms with E-state index in [1.54, 1.807) is 12.1 Å². The molecule has 0 aliphatic heterocycles. The predicted octanol–water partition coefficient (Wildman–Crippen LogP) is 6.19. The van der Waals surface area contributed by atoms with Crippen molar-refractivity contribution >= 4 is 22.9 Å². The third-order valence-electron chi connectivity index (χ3n) is 6.11. The number of nitriles is 1. The minimum Gasteiger partial charge on any atom is -0.437 e. The second-order valence-electron chi connectivity index (χ2n) is 9.61. The van der Waals surface area contributed by atoms with Crippen LogP contribution in [0.4, 0.5) is 17.6 Å². The molecule has 206 valence electrons. The number of carbonyl (C=O) groups excluding carboxylic acids is 2. The van der Waals surface area contributed by atoms with Gasteiger partial charge < -0.3 is 15.1 Å². The molecule has 0 fully saturated rings. The SMILES string of the molecule is CNC(=O)c1c(-c2ccc(F)cc2)oc2nc(CCC(F)(F)F)c(-c3cccc(C(=O)NC(C)(C)C#N)c3)cc12. The second kappa shape index (κ2) is 10.8. The van der Waals surface area contributed by atoms with Crippen LogP contribution >= 0.6 is 0 Å². The monoisotopic (exact) mass is 552 g/mol. The summed E-state index contributed by atoms with van der Waals surface area (Å²) in [4.78, 5) is 30.1. The molecule has 2 heterocycles. The fourth-order valence-electron chi connectivity index (χ4n) is 4.13. The number of alkyl halides is 3. The highest BCUT2D eigenvalue weighted by atomic mass is 19.4. The van der Waals surface area contributed by atoms with Crippen molar-refractivity contribution in [2.45, 2.75) is 38.4 Å². The lowest BCUT2D eigenvalue weighted by Crippen LogP contribution is -2.42. The third-order valence-corrected chi connectivity index (χ3v) is 6.11. The Morgan fingerprint density at radius 1 is 1.02 bits per heavy atom. The first kappa shape index (κ1) is 28.3. The van der Waals surface area contributed by atoms with Gasteiger partial charge in [-0.1, -0.05) is 12.1 Å². The zero-order chi connectivity index (χ0) is 29.2. The van der Waals surface area contributed by atoms with E-state index >= 15 is 0 Å². The number of amides is 2. The lowest BCUT2D eigenvalue weighted by atomic mass is 9.96. The van der Waals surface area contributed by atoms with E-state index < -0.39 is 42.2 Å². The summed E-state index contributed by atoms with van der Waals surface area (Å²) in [5.74, 6) is -1.51. The Morgan fingerprint density at radius 3 is 2.35 bits per heavy atom. The van der Waals surface area contributed by atoms with Crippen molar-refractivity contribution in [3.63, 3.8) is 0 Å². The summed E-state index contributed by atoms with van der Waals surface area (Å²) < 4.78 is 59.0. The molecule has 0 spiro atoms. The first-order valence-corrected chi connectivity index (χ1v) is 12.2. The number of halogens is 4. The summed E-state index contributed by atoms with van der Waals surface area (Å²) in [7, 11) is 1.41. The molecule has 4 rings (SSSR count). The number of aryl methyl sites for hydroxylation is 1. The van der Waals surface area contributed by atoms with Crippen molar-refractivity contribution in [3.05, 3.63) is 77.2 Å². The Labute approximate surface area is 226 Å². The van der Waals surface area contributed by atoms with Crippen molar-refractivity contribution in [1.82, 2.24) is 15.6 Å². The summed E-state index contributed by atoms with van der Waals surface area (Å²) in [6.45, 7) is 3.06. The molecule has 0 aliphatic rings. The van der Waals surface area contributed by atoms with Crippen LogP contribution in [0.15, 0.2) is 59.0 Å². The maximum absolute atomic E-state index is 13.5. The number of fused-ring (bicyclic) bond motifs is 1. The zero-order valence-corrected chi connectivity index (χ0v) is 21.7. The van der Waals surface area contributed by atoms with Gasteiger partial charge in [-0.2, -0.15) is 18.4 Å². The average Bonchev–Trinajstić information content (AvgIpc) is 3.29. The highest BCUT2D eigenvalue weighted by molar-refractivity contribution is 6.11. The van der Waals surface area contributed by atoms with Gasteiger partial charge in [0.05, 0.1) is 22.7 Å². The van der Waals surface area contributed by atoms with Crippen LogP contribution in [-0.4, -0.2) is 35.6 Å². The van der Waals surface area contributed by atoms with Crippen LogP contribution in [0.25, 0.3) is 33.6 Å². The van der Waals surface area contributed by atoms with Gasteiger partial charge in [-0.15, -0.1) is 0 Å². The second-order valence-corrected chi connectivity index (χ2v) is 9.61. The number of nitrogens with zero attached hydrogens (tertiary/aromatic N) is 2. The van der Waals surface area contributed by atoms with Crippen molar-refractivity contribution in [2.24, 2.45) is 0 Å². The van der Waals surface area contributed by atoms with Crippen LogP contribution in [0.5, 0.6) is 0 Å². The van der Waals surface area contributed by atoms with Crippen molar-refractivity contribution in [1.29, 1.82) is 5.26 Å². The van der Waals surface area contributed by atoms with Gasteiger partial charge in [0, 0.05) is 30.2 Å². The molecule has 0 aliphatic carbocycles. The van der Waals surface area contributed by atoms with Crippen LogP contribution in [-0.2, 0) is 6.42 Å². The lowest BCUT2D eigenvalue weighted by Gasteiger charge is -2.18. The van der Waals surface area contributed by atoms with Gasteiger partial charge in [-0.05, 0) is 68.3 Å². The summed E-state index contributed by atoms with van der Waals surface area (Å²) in [5, 5.41) is 14.6. The minimum atomic E-state index is -4.46. The van der Waals surface area contributed by atoms with Gasteiger partial charge in [0.1, 0.15) is 17.1 Å². The summed E-state index contributed by atoms with van der Waals surface area (Å²) in [6, 6.07) is 14.8. The average molecular weight is 553 g/mol. The number of hydrogen-bond acceptors (Lipinski definition) is 5. The molecular weight excluding hydrogens is 528 g/mol. The van der Waals surface area contributed by atoms with E-state index in [2.05, 4.69) is 15.6 Å². The number of carbonyl (C=O) groups is 2. The molecule has 0 bridgehead atoms. The number of aromatic nitrogens is 1. The van der Waals surface area contributed by atoms with Gasteiger partial charge in [-0.3, -0.25) is 9.59 Å². The van der Waals surface area contributed by atoms with E-state index in [0.29, 0.717) is 11.1 Å². The van der Waals surface area contributed by atoms with E-state index in [0.717, 1.165) is 0 Å². The number of furan rings is 1. The largest absolute Gasteiger partial charge is 0.437 e. The quantitative estimate of drug-likeness (QED) is 0.266. The van der Waals surface area contributed by atoms with Crippen LogP contribution in [0.1, 0.15) is 46.7 Å². The Kier molecular flexibility index (Phi) is 7.64. The predicted molar refractivity (Wildman–Crippen MR) is 140 cm³/mol. The molecule has 0 atom stereocenters. The van der Waals surface area contributed by atoms with Crippen molar-refractivity contribution < 1.29 is 31.6 Å². The highest BCUT2D eigenvalue weighted by Gasteiger charge is 2.29. The van der Waals surface area contributed by atoms with E-state index in [9.17, 15) is 32.4 Å². The molecule has 7 nitrogen and oxygen atoms in total. The first-order valence-electron chi connectivity index (χ1n) is 12.2. The van der Waals surface area contributed by atoms with Crippen molar-refractivity contribution in [3.8, 4) is 28.5 Å². The maximum atomic E-state index is 13.5. The molecular formula is C29H24F4N4O3. The Hall–Kier alpha value is -4.72. The zero-order valence-electron chi connectivity index (χ0n) is 21.7. The standard InChI is InChI=1S/C29H24F4N4O3/c1-28(2,15-34)37-25(38)18-6-4-5-17(13-18)20-14-21-23(26(39)35-3)24(16-7-9-19(30)10-8-16)40-27(21)36-22(20)11-12-29(31,32)33/h4-10,13-14H,11-12H2,1-3H3,(H,35,39)(H,37,38). The van der Waals surface area contributed by atoms with Crippen LogP contribution in [0.2, 0.25) is 0 Å². The summed E-state index contributed by atoms with van der Waals surface area (Å²) in [6.07, 6.45) is -6.12. The Balaban J connectivity index is 1.92. The van der Waals surface area contributed by atoms with E-state index in [4.69, 9.17) is 4.42 Å². The molecule has 2 aromatic carbocycles. The van der Waals surface area contributed by atoms with E-state index in [1.807, 2.05) is 6.07 Å². The molecule has 0 saturated carbocycles. The molecule has 40 heavy (non-hydrogen) atoms. The van der Waals surface area contributed by atoms with Crippen LogP contribution < -0.4 is 10.6 Å². The summed E-state index contributed by atoms with van der Waals surface area (Å²) >= 11 is 0. The number of benzene rings is 2. The first-order chi connectivity index (χ1) is 18.8. The maximum Gasteiger partial charge on any atom is 0.389 e. The molecule has 2 aromatic heterocycles. The van der Waals surface area contributed by atoms with Crippen molar-refractivity contribution in [2.75, 3.05) is 7.05 Å².